The van der Waals surface area contributed by atoms with Crippen LogP contribution in [0.4, 0.5) is 5.69 Å². The topological polar surface area (TPSA) is 114 Å². The van der Waals surface area contributed by atoms with Crippen LogP contribution in [0.3, 0.4) is 0 Å². The highest BCUT2D eigenvalue weighted by Crippen LogP contribution is 2.24. The van der Waals surface area contributed by atoms with E-state index in [1.807, 2.05) is 0 Å². The Morgan fingerprint density at radius 2 is 1.53 bits per heavy atom. The van der Waals surface area contributed by atoms with Crippen molar-refractivity contribution in [3.8, 4) is 5.75 Å². The van der Waals surface area contributed by atoms with Crippen molar-refractivity contribution in [1.29, 1.82) is 0 Å². The van der Waals surface area contributed by atoms with Crippen LogP contribution in [-0.2, 0) is 10.0 Å². The van der Waals surface area contributed by atoms with E-state index in [0.29, 0.717) is 5.02 Å². The molecule has 0 aliphatic carbocycles. The molecule has 0 radical (unpaired) electrons. The van der Waals surface area contributed by atoms with Gasteiger partial charge in [-0.1, -0.05) is 35.3 Å². The average Bonchev–Trinajstić information content (AvgIpc) is 2.78. The third-order valence-corrected chi connectivity index (χ3v) is 6.19. The number of rotatable bonds is 6. The Bertz CT molecular complexity index is 1260. The summed E-state index contributed by atoms with van der Waals surface area (Å²) in [7, 11) is -2.52. The Morgan fingerprint density at radius 3 is 2.19 bits per heavy atom. The average molecular weight is 494 g/mol. The van der Waals surface area contributed by atoms with Crippen LogP contribution in [0.25, 0.3) is 0 Å². The van der Waals surface area contributed by atoms with Crippen LogP contribution < -0.4 is 20.3 Å². The van der Waals surface area contributed by atoms with Gasteiger partial charge in [0, 0.05) is 10.6 Å². The van der Waals surface area contributed by atoms with Crippen LogP contribution in [-0.4, -0.2) is 27.3 Å². The summed E-state index contributed by atoms with van der Waals surface area (Å²) < 4.78 is 32.6. The lowest BCUT2D eigenvalue weighted by Gasteiger charge is -2.12. The molecule has 8 nitrogen and oxygen atoms in total. The first-order chi connectivity index (χ1) is 15.2. The molecular weight excluding hydrogens is 477 g/mol. The van der Waals surface area contributed by atoms with Crippen molar-refractivity contribution in [3.63, 3.8) is 0 Å². The molecule has 3 rings (SSSR count). The van der Waals surface area contributed by atoms with Gasteiger partial charge in [-0.3, -0.25) is 25.2 Å². The molecule has 3 N–H and O–H groups in total. The number of hydrazine groups is 1. The minimum atomic E-state index is -3.91. The van der Waals surface area contributed by atoms with Crippen molar-refractivity contribution in [2.75, 3.05) is 11.8 Å². The van der Waals surface area contributed by atoms with Gasteiger partial charge in [0.05, 0.1) is 28.3 Å². The van der Waals surface area contributed by atoms with E-state index in [0.717, 1.165) is 0 Å². The maximum Gasteiger partial charge on any atom is 0.273 e. The Kier molecular flexibility index (Phi) is 7.24. The molecule has 32 heavy (non-hydrogen) atoms. The number of methoxy groups -OCH3 is 1. The fourth-order valence-corrected chi connectivity index (χ4v) is 4.13. The van der Waals surface area contributed by atoms with E-state index in [2.05, 4.69) is 15.6 Å². The lowest BCUT2D eigenvalue weighted by atomic mass is 10.2. The van der Waals surface area contributed by atoms with Gasteiger partial charge in [-0.15, -0.1) is 0 Å². The summed E-state index contributed by atoms with van der Waals surface area (Å²) in [6.07, 6.45) is 0. The maximum atomic E-state index is 12.5. The number of hydrogen-bond acceptors (Lipinski definition) is 5. The van der Waals surface area contributed by atoms with Gasteiger partial charge in [0.15, 0.2) is 0 Å². The normalized spacial score (nSPS) is 10.8. The molecule has 3 aromatic carbocycles. The number of nitrogens with one attached hydrogen (secondary N) is 3. The van der Waals surface area contributed by atoms with Gasteiger partial charge in [0.2, 0.25) is 0 Å². The fourth-order valence-electron chi connectivity index (χ4n) is 2.64. The number of ether oxygens (including phenoxy) is 1. The second-order valence-corrected chi connectivity index (χ2v) is 8.89. The van der Waals surface area contributed by atoms with Gasteiger partial charge < -0.3 is 4.74 Å². The minimum Gasteiger partial charge on any atom is -0.496 e. The van der Waals surface area contributed by atoms with Crippen molar-refractivity contribution in [2.24, 2.45) is 0 Å². The smallest absolute Gasteiger partial charge is 0.273 e. The zero-order chi connectivity index (χ0) is 23.3. The van der Waals surface area contributed by atoms with Crippen LogP contribution in [0.5, 0.6) is 5.75 Å². The Labute approximate surface area is 194 Å². The van der Waals surface area contributed by atoms with Crippen molar-refractivity contribution in [2.45, 2.75) is 4.90 Å². The molecule has 0 aliphatic rings. The molecule has 3 aromatic rings. The van der Waals surface area contributed by atoms with E-state index in [1.165, 1.54) is 49.6 Å². The SMILES string of the molecule is COc1ccc(Cl)cc1C(=O)NNC(=O)c1ccc(S(=O)(=O)Nc2ccccc2Cl)cc1. The molecule has 0 aliphatic heterocycles. The molecular formula is C21H17Cl2N3O5S. The molecule has 0 saturated heterocycles. The molecule has 0 spiro atoms. The monoisotopic (exact) mass is 493 g/mol. The second-order valence-electron chi connectivity index (χ2n) is 6.36. The molecule has 0 fully saturated rings. The number of para-hydroxylation sites is 1. The third-order valence-electron chi connectivity index (χ3n) is 4.24. The number of carbonyl (C=O) groups is 2. The van der Waals surface area contributed by atoms with Crippen LogP contribution in [0.15, 0.2) is 71.6 Å². The van der Waals surface area contributed by atoms with E-state index >= 15 is 0 Å². The first-order valence-corrected chi connectivity index (χ1v) is 11.3. The van der Waals surface area contributed by atoms with E-state index < -0.39 is 21.8 Å². The van der Waals surface area contributed by atoms with E-state index in [1.54, 1.807) is 24.3 Å². The van der Waals surface area contributed by atoms with Gasteiger partial charge in [-0.25, -0.2) is 8.42 Å². The molecule has 0 bridgehead atoms. The van der Waals surface area contributed by atoms with Crippen LogP contribution >= 0.6 is 23.2 Å². The van der Waals surface area contributed by atoms with Crippen molar-refractivity contribution < 1.29 is 22.7 Å². The zero-order valence-electron chi connectivity index (χ0n) is 16.6. The lowest BCUT2D eigenvalue weighted by molar-refractivity contribution is 0.0845. The summed E-state index contributed by atoms with van der Waals surface area (Å²) in [5, 5.41) is 0.573. The maximum absolute atomic E-state index is 12.5. The van der Waals surface area contributed by atoms with E-state index in [-0.39, 0.29) is 32.5 Å². The number of carbonyl (C=O) groups excluding carboxylic acids is 2. The van der Waals surface area contributed by atoms with E-state index in [9.17, 15) is 18.0 Å². The van der Waals surface area contributed by atoms with E-state index in [4.69, 9.17) is 27.9 Å². The predicted molar refractivity (Wildman–Crippen MR) is 122 cm³/mol. The number of benzene rings is 3. The molecule has 11 heteroatoms. The molecule has 0 aromatic heterocycles. The summed E-state index contributed by atoms with van der Waals surface area (Å²) in [5.41, 5.74) is 5.00. The van der Waals surface area contributed by atoms with Crippen molar-refractivity contribution >= 4 is 50.7 Å². The highest BCUT2D eigenvalue weighted by atomic mass is 35.5. The van der Waals surface area contributed by atoms with Crippen LogP contribution in [0, 0.1) is 0 Å². The molecule has 0 heterocycles. The molecule has 166 valence electrons. The van der Waals surface area contributed by atoms with Gasteiger partial charge >= 0.3 is 0 Å². The summed E-state index contributed by atoms with van der Waals surface area (Å²) in [4.78, 5) is 24.6. The minimum absolute atomic E-state index is 0.0679. The van der Waals surface area contributed by atoms with Gasteiger partial charge in [0.1, 0.15) is 5.75 Å². The highest BCUT2D eigenvalue weighted by Gasteiger charge is 2.18. The fraction of sp³-hybridized carbons (Fsp3) is 0.0476. The predicted octanol–water partition coefficient (Wildman–Crippen LogP) is 3.88. The lowest BCUT2D eigenvalue weighted by Crippen LogP contribution is -2.41. The van der Waals surface area contributed by atoms with Crippen molar-refractivity contribution in [1.82, 2.24) is 10.9 Å². The summed E-state index contributed by atoms with van der Waals surface area (Å²) in [6, 6.07) is 16.0. The van der Waals surface area contributed by atoms with Crippen LogP contribution in [0.2, 0.25) is 10.0 Å². The highest BCUT2D eigenvalue weighted by molar-refractivity contribution is 7.92. The molecule has 0 unspecified atom stereocenters. The standard InChI is InChI=1S/C21H17Cl2N3O5S/c1-31-19-11-8-14(22)12-16(19)21(28)25-24-20(27)13-6-9-15(10-7-13)32(29,30)26-18-5-3-2-4-17(18)23/h2-12,26H,1H3,(H,24,27)(H,25,28). The number of sulfonamides is 1. The Morgan fingerprint density at radius 1 is 0.875 bits per heavy atom. The third kappa shape index (κ3) is 5.50. The largest absolute Gasteiger partial charge is 0.496 e. The molecule has 2 amide bonds. The van der Waals surface area contributed by atoms with Crippen LogP contribution in [0.1, 0.15) is 20.7 Å². The molecule has 0 atom stereocenters. The summed E-state index contributed by atoms with van der Waals surface area (Å²) in [6.45, 7) is 0. The van der Waals surface area contributed by atoms with Gasteiger partial charge in [-0.05, 0) is 54.6 Å². The quantitative estimate of drug-likeness (QED) is 0.451. The number of hydrogen-bond donors (Lipinski definition) is 3. The number of amides is 2. The second kappa shape index (κ2) is 9.90. The summed E-state index contributed by atoms with van der Waals surface area (Å²) >= 11 is 11.9. The number of halogens is 2. The first-order valence-electron chi connectivity index (χ1n) is 9.03. The number of anilines is 1. The van der Waals surface area contributed by atoms with Gasteiger partial charge in [-0.2, -0.15) is 0 Å². The molecule has 0 saturated carbocycles. The van der Waals surface area contributed by atoms with Crippen molar-refractivity contribution in [3.05, 3.63) is 87.9 Å². The first kappa shape index (κ1) is 23.4. The summed E-state index contributed by atoms with van der Waals surface area (Å²) in [5.74, 6) is -1.01. The Balaban J connectivity index is 1.67. The van der Waals surface area contributed by atoms with Gasteiger partial charge in [0.25, 0.3) is 21.8 Å². The zero-order valence-corrected chi connectivity index (χ0v) is 18.9. The Hall–Kier alpha value is -3.27.